The summed E-state index contributed by atoms with van der Waals surface area (Å²) in [4.78, 5) is 21.7. The Bertz CT molecular complexity index is 651. The van der Waals surface area contributed by atoms with E-state index in [0.29, 0.717) is 24.7 Å². The summed E-state index contributed by atoms with van der Waals surface area (Å²) in [6.07, 6.45) is 4.49. The van der Waals surface area contributed by atoms with Crippen LogP contribution in [-0.4, -0.2) is 58.7 Å². The van der Waals surface area contributed by atoms with Gasteiger partial charge in [0.2, 0.25) is 0 Å². The average Bonchev–Trinajstić information content (AvgIpc) is 2.95. The summed E-state index contributed by atoms with van der Waals surface area (Å²) in [5.41, 5.74) is 1.34. The number of aromatic nitrogens is 1. The van der Waals surface area contributed by atoms with E-state index in [2.05, 4.69) is 22.1 Å². The number of hydrogen-bond acceptors (Lipinski definition) is 5. The van der Waals surface area contributed by atoms with Crippen molar-refractivity contribution in [1.82, 2.24) is 14.8 Å². The molecule has 1 amide bonds. The summed E-state index contributed by atoms with van der Waals surface area (Å²) in [5.74, 6) is 2.36. The Labute approximate surface area is 153 Å². The first-order valence-electron chi connectivity index (χ1n) is 9.77. The Morgan fingerprint density at radius 2 is 1.92 bits per heavy atom. The number of amides is 1. The van der Waals surface area contributed by atoms with Crippen molar-refractivity contribution < 1.29 is 9.53 Å². The molecule has 1 aromatic rings. The van der Waals surface area contributed by atoms with Gasteiger partial charge in [-0.1, -0.05) is 0 Å². The standard InChI is InChI=1S/C19H27N3O2S/c1-3-24-19(23)22-12-4-5-13(22)7-14(6-12)21-8-15-16(9-21)18(15)17-10-25-11(2)20-17/h10,12-16,18H,3-9H2,1-2H3. The zero-order valence-electron chi connectivity index (χ0n) is 15.1. The van der Waals surface area contributed by atoms with Gasteiger partial charge in [0.15, 0.2) is 0 Å². The molecule has 1 aromatic heterocycles. The predicted molar refractivity (Wildman–Crippen MR) is 96.8 cm³/mol. The highest BCUT2D eigenvalue weighted by atomic mass is 32.1. The van der Waals surface area contributed by atoms with Gasteiger partial charge in [-0.2, -0.15) is 0 Å². The highest BCUT2D eigenvalue weighted by Crippen LogP contribution is 2.59. The fourth-order valence-corrected chi connectivity index (χ4v) is 6.43. The molecule has 4 atom stereocenters. The van der Waals surface area contributed by atoms with Crippen molar-refractivity contribution in [1.29, 1.82) is 0 Å². The van der Waals surface area contributed by atoms with Crippen LogP contribution in [0.4, 0.5) is 4.79 Å². The maximum Gasteiger partial charge on any atom is 0.410 e. The third-order valence-corrected chi connectivity index (χ3v) is 7.70. The Kier molecular flexibility index (Phi) is 3.82. The van der Waals surface area contributed by atoms with Crippen LogP contribution in [0.1, 0.15) is 49.2 Å². The third-order valence-electron chi connectivity index (χ3n) is 6.90. The van der Waals surface area contributed by atoms with Gasteiger partial charge in [-0.05, 0) is 51.4 Å². The first-order chi connectivity index (χ1) is 12.2. The topological polar surface area (TPSA) is 45.7 Å². The van der Waals surface area contributed by atoms with Crippen LogP contribution in [0.15, 0.2) is 5.38 Å². The first-order valence-corrected chi connectivity index (χ1v) is 10.6. The van der Waals surface area contributed by atoms with Crippen LogP contribution in [0.2, 0.25) is 0 Å². The van der Waals surface area contributed by atoms with E-state index in [1.165, 1.54) is 23.8 Å². The van der Waals surface area contributed by atoms with E-state index in [1.807, 2.05) is 6.92 Å². The van der Waals surface area contributed by atoms with E-state index in [9.17, 15) is 4.79 Å². The first kappa shape index (κ1) is 16.1. The molecule has 25 heavy (non-hydrogen) atoms. The maximum atomic E-state index is 12.2. The van der Waals surface area contributed by atoms with Gasteiger partial charge < -0.3 is 9.64 Å². The van der Waals surface area contributed by atoms with E-state index in [1.54, 1.807) is 11.3 Å². The average molecular weight is 362 g/mol. The molecule has 4 fully saturated rings. The molecule has 4 aliphatic rings. The van der Waals surface area contributed by atoms with Crippen LogP contribution >= 0.6 is 11.3 Å². The van der Waals surface area contributed by atoms with Crippen molar-refractivity contribution in [3.8, 4) is 0 Å². The number of aryl methyl sites for hydroxylation is 1. The monoisotopic (exact) mass is 361 g/mol. The smallest absolute Gasteiger partial charge is 0.410 e. The van der Waals surface area contributed by atoms with E-state index in [0.717, 1.165) is 43.4 Å². The fourth-order valence-electron chi connectivity index (χ4n) is 5.77. The molecule has 0 radical (unpaired) electrons. The lowest BCUT2D eigenvalue weighted by Gasteiger charge is -2.42. The zero-order chi connectivity index (χ0) is 17.1. The Hall–Kier alpha value is -1.14. The van der Waals surface area contributed by atoms with Crippen molar-refractivity contribution in [2.45, 2.75) is 63.6 Å². The SMILES string of the molecule is CCOC(=O)N1C2CCC1CC(N1CC3C(C1)C3c1csc(C)n1)C2. The van der Waals surface area contributed by atoms with Gasteiger partial charge in [-0.3, -0.25) is 4.90 Å². The van der Waals surface area contributed by atoms with Crippen molar-refractivity contribution >= 4 is 17.4 Å². The molecule has 5 rings (SSSR count). The number of fused-ring (bicyclic) bond motifs is 3. The van der Waals surface area contributed by atoms with Gasteiger partial charge in [0.05, 0.1) is 17.3 Å². The predicted octanol–water partition coefficient (Wildman–Crippen LogP) is 3.25. The lowest BCUT2D eigenvalue weighted by molar-refractivity contribution is 0.0438. The van der Waals surface area contributed by atoms with Gasteiger partial charge in [0, 0.05) is 42.5 Å². The van der Waals surface area contributed by atoms with E-state index < -0.39 is 0 Å². The Morgan fingerprint density at radius 1 is 1.24 bits per heavy atom. The molecule has 6 heteroatoms. The number of nitrogens with zero attached hydrogens (tertiary/aromatic N) is 3. The van der Waals surface area contributed by atoms with Crippen molar-refractivity contribution in [2.75, 3.05) is 19.7 Å². The molecular weight excluding hydrogens is 334 g/mol. The molecule has 136 valence electrons. The summed E-state index contributed by atoms with van der Waals surface area (Å²) in [7, 11) is 0. The summed E-state index contributed by atoms with van der Waals surface area (Å²) in [6, 6.07) is 1.46. The molecule has 0 spiro atoms. The van der Waals surface area contributed by atoms with E-state index in [4.69, 9.17) is 9.72 Å². The van der Waals surface area contributed by atoms with Crippen LogP contribution in [-0.2, 0) is 4.74 Å². The van der Waals surface area contributed by atoms with Crippen molar-refractivity contribution in [3.05, 3.63) is 16.1 Å². The molecule has 4 unspecified atom stereocenters. The minimum atomic E-state index is -0.0864. The number of hydrogen-bond donors (Lipinski definition) is 0. The number of piperidine rings is 2. The fraction of sp³-hybridized carbons (Fsp3) is 0.789. The minimum Gasteiger partial charge on any atom is -0.450 e. The number of rotatable bonds is 3. The molecule has 5 nitrogen and oxygen atoms in total. The number of carbonyl (C=O) groups is 1. The van der Waals surface area contributed by atoms with Crippen LogP contribution in [0.3, 0.4) is 0 Å². The second kappa shape index (κ2) is 5.95. The van der Waals surface area contributed by atoms with Gasteiger partial charge in [-0.15, -0.1) is 11.3 Å². The van der Waals surface area contributed by atoms with Crippen molar-refractivity contribution in [3.63, 3.8) is 0 Å². The minimum absolute atomic E-state index is 0.0864. The quantitative estimate of drug-likeness (QED) is 0.829. The van der Waals surface area contributed by atoms with Crippen LogP contribution in [0, 0.1) is 18.8 Å². The molecule has 1 aliphatic carbocycles. The lowest BCUT2D eigenvalue weighted by Crippen LogP contribution is -2.52. The van der Waals surface area contributed by atoms with Gasteiger partial charge in [0.1, 0.15) is 0 Å². The molecular formula is C19H27N3O2S. The molecule has 0 aromatic carbocycles. The van der Waals surface area contributed by atoms with Crippen LogP contribution in [0.5, 0.6) is 0 Å². The van der Waals surface area contributed by atoms with Crippen LogP contribution < -0.4 is 0 Å². The van der Waals surface area contributed by atoms with E-state index >= 15 is 0 Å². The number of ether oxygens (including phenoxy) is 1. The molecule has 0 N–H and O–H groups in total. The van der Waals surface area contributed by atoms with Gasteiger partial charge >= 0.3 is 6.09 Å². The van der Waals surface area contributed by atoms with Crippen molar-refractivity contribution in [2.24, 2.45) is 11.8 Å². The molecule has 1 saturated carbocycles. The summed E-state index contributed by atoms with van der Waals surface area (Å²) >= 11 is 1.78. The maximum absolute atomic E-state index is 12.2. The highest BCUT2D eigenvalue weighted by molar-refractivity contribution is 7.09. The third kappa shape index (κ3) is 2.60. The summed E-state index contributed by atoms with van der Waals surface area (Å²) in [5, 5.41) is 3.46. The van der Waals surface area contributed by atoms with Crippen LogP contribution in [0.25, 0.3) is 0 Å². The zero-order valence-corrected chi connectivity index (χ0v) is 15.9. The normalized spacial score (nSPS) is 39.5. The van der Waals surface area contributed by atoms with Gasteiger partial charge in [-0.25, -0.2) is 9.78 Å². The van der Waals surface area contributed by atoms with E-state index in [-0.39, 0.29) is 6.09 Å². The largest absolute Gasteiger partial charge is 0.450 e. The molecule has 3 aliphatic heterocycles. The summed E-state index contributed by atoms with van der Waals surface area (Å²) in [6.45, 7) is 6.94. The highest BCUT2D eigenvalue weighted by Gasteiger charge is 2.59. The molecule has 4 heterocycles. The Balaban J connectivity index is 1.20. The van der Waals surface area contributed by atoms with Gasteiger partial charge in [0.25, 0.3) is 0 Å². The molecule has 3 saturated heterocycles. The number of carbonyl (C=O) groups excluding carboxylic acids is 1. The Morgan fingerprint density at radius 3 is 2.48 bits per heavy atom. The second-order valence-corrected chi connectivity index (χ2v) is 9.28. The molecule has 2 bridgehead atoms. The number of likely N-dealkylation sites (tertiary alicyclic amines) is 1. The lowest BCUT2D eigenvalue weighted by atomic mass is 9.96. The second-order valence-electron chi connectivity index (χ2n) is 8.22. The summed E-state index contributed by atoms with van der Waals surface area (Å²) < 4.78 is 5.28. The number of thiazole rings is 1.